The van der Waals surface area contributed by atoms with E-state index >= 15 is 0 Å². The molecule has 316 valence electrons. The Morgan fingerprint density at radius 3 is 1.38 bits per heavy atom. The molecule has 0 radical (unpaired) electrons. The minimum atomic E-state index is -0.0324. The van der Waals surface area contributed by atoms with Gasteiger partial charge in [0.25, 0.3) is 0 Å². The maximum absolute atomic E-state index is 2.65. The molecule has 0 amide bonds. The summed E-state index contributed by atoms with van der Waals surface area (Å²) in [5.74, 6) is 0.696. The summed E-state index contributed by atoms with van der Waals surface area (Å²) in [5, 5.41) is 14.9. The van der Waals surface area contributed by atoms with Crippen LogP contribution in [0.1, 0.15) is 122 Å². The Hall–Kier alpha value is -5.98. The molecule has 0 heteroatoms. The van der Waals surface area contributed by atoms with Gasteiger partial charge >= 0.3 is 0 Å². The fourth-order valence-electron chi connectivity index (χ4n) is 11.9. The highest BCUT2D eigenvalue weighted by molar-refractivity contribution is 6.40. The van der Waals surface area contributed by atoms with E-state index in [-0.39, 0.29) is 21.7 Å². The molecule has 0 nitrogen and oxygen atoms in total. The number of hydrogen-bond acceptors (Lipinski definition) is 0. The third kappa shape index (κ3) is 5.60. The van der Waals surface area contributed by atoms with Crippen molar-refractivity contribution in [2.24, 2.45) is 5.92 Å². The lowest BCUT2D eigenvalue weighted by atomic mass is 9.64. The van der Waals surface area contributed by atoms with Crippen LogP contribution in [0.2, 0.25) is 0 Å². The number of allylic oxidation sites excluding steroid dienone is 9. The van der Waals surface area contributed by atoms with Crippen molar-refractivity contribution in [3.63, 3.8) is 0 Å². The highest BCUT2D eigenvalue weighted by atomic mass is 14.4. The number of fused-ring (bicyclic) bond motifs is 7. The van der Waals surface area contributed by atoms with Gasteiger partial charge in [-0.05, 0) is 165 Å². The molecule has 12 rings (SSSR count). The zero-order valence-corrected chi connectivity index (χ0v) is 39.9. The molecular formula is C64H60. The third-order valence-corrected chi connectivity index (χ3v) is 15.5. The summed E-state index contributed by atoms with van der Waals surface area (Å²) < 4.78 is 0. The standard InChI is InChI=1S/C64H60/c1-61(2,3)41-26-39(27-42(31-41)62(4,5)6)55-51-33-48-45-25-24-37-23-22-36-16-13-19-38-30-50(58(45)57(37)53(36)38)49(48)34-52(51)56(40-28-43(63(7,8)9)32-44(29-40)64(10,11)12)60-47-21-15-18-35-17-14-20-46(54(35)47)59(55)60/h13-34,53,57H,1-12H3. The van der Waals surface area contributed by atoms with Gasteiger partial charge in [0.05, 0.1) is 0 Å². The van der Waals surface area contributed by atoms with Crippen LogP contribution in [0.15, 0.2) is 138 Å². The first-order valence-corrected chi connectivity index (χ1v) is 23.7. The van der Waals surface area contributed by atoms with E-state index in [9.17, 15) is 0 Å². The lowest BCUT2D eigenvalue weighted by molar-refractivity contribution is 0.568. The van der Waals surface area contributed by atoms with Crippen molar-refractivity contribution in [1.29, 1.82) is 0 Å². The van der Waals surface area contributed by atoms with Crippen LogP contribution in [0.5, 0.6) is 0 Å². The van der Waals surface area contributed by atoms with Gasteiger partial charge in [0.2, 0.25) is 0 Å². The van der Waals surface area contributed by atoms with E-state index in [4.69, 9.17) is 0 Å². The van der Waals surface area contributed by atoms with Gasteiger partial charge in [0.15, 0.2) is 0 Å². The summed E-state index contributed by atoms with van der Waals surface area (Å²) >= 11 is 0. The molecule has 0 aliphatic heterocycles. The highest BCUT2D eigenvalue weighted by Crippen LogP contribution is 2.56. The smallest absolute Gasteiger partial charge is 0.0211 e. The maximum Gasteiger partial charge on any atom is 0.0211 e. The van der Waals surface area contributed by atoms with Crippen molar-refractivity contribution >= 4 is 66.0 Å². The first-order valence-electron chi connectivity index (χ1n) is 23.7. The van der Waals surface area contributed by atoms with Crippen LogP contribution in [-0.4, -0.2) is 0 Å². The van der Waals surface area contributed by atoms with Crippen molar-refractivity contribution in [2.75, 3.05) is 0 Å². The molecule has 0 heterocycles. The van der Waals surface area contributed by atoms with Crippen molar-refractivity contribution < 1.29 is 0 Å². The van der Waals surface area contributed by atoms with Crippen LogP contribution in [0.3, 0.4) is 0 Å². The van der Waals surface area contributed by atoms with Gasteiger partial charge in [-0.15, -0.1) is 0 Å². The summed E-state index contributed by atoms with van der Waals surface area (Å²) in [6.45, 7) is 28.5. The van der Waals surface area contributed by atoms with Crippen LogP contribution in [0, 0.1) is 5.92 Å². The van der Waals surface area contributed by atoms with Crippen molar-refractivity contribution in [3.05, 3.63) is 177 Å². The minimum absolute atomic E-state index is 0.0314. The second-order valence-electron chi connectivity index (χ2n) is 23.8. The quantitative estimate of drug-likeness (QED) is 0.163. The Morgan fingerprint density at radius 1 is 0.391 bits per heavy atom. The van der Waals surface area contributed by atoms with E-state index in [2.05, 4.69) is 217 Å². The second-order valence-corrected chi connectivity index (χ2v) is 23.8. The van der Waals surface area contributed by atoms with Crippen LogP contribution < -0.4 is 5.22 Å². The summed E-state index contributed by atoms with van der Waals surface area (Å²) in [4.78, 5) is 0. The van der Waals surface area contributed by atoms with Crippen LogP contribution in [-0.2, 0) is 21.7 Å². The van der Waals surface area contributed by atoms with E-state index in [0.29, 0.717) is 11.8 Å². The van der Waals surface area contributed by atoms with Crippen LogP contribution >= 0.6 is 0 Å². The normalized spacial score (nSPS) is 18.3. The Balaban J connectivity index is 1.35. The topological polar surface area (TPSA) is 0 Å². The fourth-order valence-corrected chi connectivity index (χ4v) is 11.9. The molecule has 0 saturated heterocycles. The van der Waals surface area contributed by atoms with E-state index in [1.807, 2.05) is 0 Å². The van der Waals surface area contributed by atoms with Gasteiger partial charge in [-0.1, -0.05) is 204 Å². The van der Waals surface area contributed by atoms with E-state index < -0.39 is 0 Å². The van der Waals surface area contributed by atoms with Gasteiger partial charge in [0, 0.05) is 11.8 Å². The third-order valence-electron chi connectivity index (χ3n) is 15.5. The van der Waals surface area contributed by atoms with Crippen LogP contribution in [0.4, 0.5) is 0 Å². The molecule has 0 spiro atoms. The SMILES string of the molecule is CC(C)(C)c1cc(-c2c3cc4c5c6c(c4cc3c(-c3cc(C(C)(C)C)cc(C(C)(C)C)c3)c3c4cccc7cccc(c23)c74)=CC2=CC=CC3=CC=C(C=C5)C6C32)cc(C(C)(C)C)c1. The van der Waals surface area contributed by atoms with Crippen molar-refractivity contribution in [3.8, 4) is 22.3 Å². The molecule has 4 aliphatic carbocycles. The predicted molar refractivity (Wildman–Crippen MR) is 279 cm³/mol. The van der Waals surface area contributed by atoms with Gasteiger partial charge in [-0.3, -0.25) is 0 Å². The summed E-state index contributed by atoms with van der Waals surface area (Å²) in [6.07, 6.45) is 19.1. The average molecular weight is 829 g/mol. The molecule has 8 aromatic carbocycles. The van der Waals surface area contributed by atoms with Crippen molar-refractivity contribution in [1.82, 2.24) is 0 Å². The molecule has 8 aromatic rings. The molecule has 4 aliphatic rings. The Kier molecular flexibility index (Phi) is 7.95. The molecule has 0 saturated carbocycles. The van der Waals surface area contributed by atoms with E-state index in [1.165, 1.54) is 131 Å². The monoisotopic (exact) mass is 828 g/mol. The zero-order chi connectivity index (χ0) is 44.6. The molecule has 2 unspecified atom stereocenters. The second kappa shape index (κ2) is 12.8. The lowest BCUT2D eigenvalue weighted by Crippen LogP contribution is -2.31. The van der Waals surface area contributed by atoms with Gasteiger partial charge in [-0.25, -0.2) is 0 Å². The Bertz CT molecular complexity index is 3540. The molecule has 2 atom stereocenters. The van der Waals surface area contributed by atoms with E-state index in [0.717, 1.165) is 0 Å². The number of rotatable bonds is 2. The average Bonchev–Trinajstić information content (AvgIpc) is 3.73. The first-order chi connectivity index (χ1) is 30.3. The summed E-state index contributed by atoms with van der Waals surface area (Å²) in [5.41, 5.74) is 18.0. The zero-order valence-electron chi connectivity index (χ0n) is 39.9. The minimum Gasteiger partial charge on any atom is -0.0617 e. The lowest BCUT2D eigenvalue weighted by Gasteiger charge is -2.39. The predicted octanol–water partition coefficient (Wildman–Crippen LogP) is 17.0. The largest absolute Gasteiger partial charge is 0.0617 e. The molecule has 0 aromatic heterocycles. The Labute approximate surface area is 379 Å². The van der Waals surface area contributed by atoms with E-state index in [1.54, 1.807) is 0 Å². The number of hydrogen-bond donors (Lipinski definition) is 0. The molecule has 0 bridgehead atoms. The van der Waals surface area contributed by atoms with Gasteiger partial charge in [0.1, 0.15) is 0 Å². The maximum atomic E-state index is 2.65. The van der Waals surface area contributed by atoms with Gasteiger partial charge < -0.3 is 0 Å². The molecular weight excluding hydrogens is 769 g/mol. The first kappa shape index (κ1) is 39.6. The summed E-state index contributed by atoms with van der Waals surface area (Å²) in [6, 6.07) is 34.4. The molecule has 0 N–H and O–H groups in total. The highest BCUT2D eigenvalue weighted by Gasteiger charge is 2.40. The van der Waals surface area contributed by atoms with Gasteiger partial charge in [-0.2, -0.15) is 0 Å². The van der Waals surface area contributed by atoms with Crippen molar-refractivity contribution in [2.45, 2.75) is 111 Å². The van der Waals surface area contributed by atoms with Crippen LogP contribution in [0.25, 0.3) is 88.3 Å². The molecule has 64 heavy (non-hydrogen) atoms. The Morgan fingerprint density at radius 2 is 0.875 bits per heavy atom. The number of benzene rings is 6. The fraction of sp³-hybridized carbons (Fsp3) is 0.281. The molecule has 0 fully saturated rings. The summed E-state index contributed by atoms with van der Waals surface area (Å²) in [7, 11) is 0.